The molecule has 0 aliphatic carbocycles. The molecule has 0 aliphatic heterocycles. The highest BCUT2D eigenvalue weighted by Gasteiger charge is 2.14. The molecule has 0 atom stereocenters. The molecule has 1 aromatic rings. The van der Waals surface area contributed by atoms with Crippen LogP contribution in [0.3, 0.4) is 0 Å². The second-order valence-electron chi connectivity index (χ2n) is 3.91. The van der Waals surface area contributed by atoms with Crippen LogP contribution in [0, 0.1) is 11.6 Å². The molecule has 0 fully saturated rings. The molecule has 92 valence electrons. The highest BCUT2D eigenvalue weighted by atomic mass is 19.2. The van der Waals surface area contributed by atoms with E-state index in [1.165, 1.54) is 12.1 Å². The molecule has 0 saturated carbocycles. The summed E-state index contributed by atoms with van der Waals surface area (Å²) in [4.78, 5) is 11.6. The van der Waals surface area contributed by atoms with E-state index in [0.29, 0.717) is 6.42 Å². The first-order valence-electron chi connectivity index (χ1n) is 5.75. The lowest BCUT2D eigenvalue weighted by Crippen LogP contribution is -2.04. The lowest BCUT2D eigenvalue weighted by molar-refractivity contribution is 0.0974. The molecule has 0 radical (unpaired) electrons. The standard InChI is InChI=1S/C14H16F2O/c1-2-3-4-5-6-10-13(17)11-8-7-9-12(15)14(11)16/h2,7-9H,1,3-6,10H2. The number of hydrogen-bond acceptors (Lipinski definition) is 1. The third-order valence-electron chi connectivity index (χ3n) is 2.56. The SMILES string of the molecule is C=CCCCCCC(=O)c1cccc(F)c1F. The summed E-state index contributed by atoms with van der Waals surface area (Å²) in [6, 6.07) is 3.68. The third-order valence-corrected chi connectivity index (χ3v) is 2.56. The molecule has 1 rings (SSSR count). The fourth-order valence-electron chi connectivity index (χ4n) is 1.60. The van der Waals surface area contributed by atoms with Crippen LogP contribution >= 0.6 is 0 Å². The molecule has 3 heteroatoms. The second kappa shape index (κ2) is 6.94. The monoisotopic (exact) mass is 238 g/mol. The van der Waals surface area contributed by atoms with Gasteiger partial charge in [-0.15, -0.1) is 6.58 Å². The van der Waals surface area contributed by atoms with E-state index in [4.69, 9.17) is 0 Å². The second-order valence-corrected chi connectivity index (χ2v) is 3.91. The van der Waals surface area contributed by atoms with E-state index in [1.807, 2.05) is 6.08 Å². The summed E-state index contributed by atoms with van der Waals surface area (Å²) in [5, 5.41) is 0. The molecule has 0 aromatic heterocycles. The van der Waals surface area contributed by atoms with Gasteiger partial charge in [0, 0.05) is 6.42 Å². The largest absolute Gasteiger partial charge is 0.294 e. The van der Waals surface area contributed by atoms with E-state index in [2.05, 4.69) is 6.58 Å². The third kappa shape index (κ3) is 4.10. The molecule has 0 N–H and O–H groups in total. The van der Waals surface area contributed by atoms with Gasteiger partial charge in [0.1, 0.15) is 0 Å². The Labute approximate surface area is 100 Å². The van der Waals surface area contributed by atoms with Gasteiger partial charge in [-0.1, -0.05) is 18.6 Å². The van der Waals surface area contributed by atoms with Gasteiger partial charge in [-0.25, -0.2) is 8.78 Å². The molecule has 0 heterocycles. The predicted molar refractivity (Wildman–Crippen MR) is 64.0 cm³/mol. The van der Waals surface area contributed by atoms with Crippen molar-refractivity contribution in [2.45, 2.75) is 32.1 Å². The number of benzene rings is 1. The normalized spacial score (nSPS) is 10.2. The molecule has 0 spiro atoms. The van der Waals surface area contributed by atoms with Crippen molar-refractivity contribution in [3.8, 4) is 0 Å². The number of hydrogen-bond donors (Lipinski definition) is 0. The van der Waals surface area contributed by atoms with Crippen LogP contribution in [0.1, 0.15) is 42.5 Å². The number of unbranched alkanes of at least 4 members (excludes halogenated alkanes) is 3. The maximum Gasteiger partial charge on any atom is 0.169 e. The Bertz CT molecular complexity index is 399. The molecule has 1 aromatic carbocycles. The Morgan fingerprint density at radius 3 is 2.71 bits per heavy atom. The molecule has 1 nitrogen and oxygen atoms in total. The first-order chi connectivity index (χ1) is 8.16. The van der Waals surface area contributed by atoms with Crippen LogP contribution in [-0.2, 0) is 0 Å². The number of carbonyl (C=O) groups excluding carboxylic acids is 1. The fourth-order valence-corrected chi connectivity index (χ4v) is 1.60. The molecule has 0 unspecified atom stereocenters. The lowest BCUT2D eigenvalue weighted by Gasteiger charge is -2.03. The van der Waals surface area contributed by atoms with Gasteiger partial charge in [0.25, 0.3) is 0 Å². The first kappa shape index (κ1) is 13.6. The van der Waals surface area contributed by atoms with Gasteiger partial charge in [0.05, 0.1) is 5.56 Å². The topological polar surface area (TPSA) is 17.1 Å². The zero-order chi connectivity index (χ0) is 12.7. The van der Waals surface area contributed by atoms with E-state index >= 15 is 0 Å². The lowest BCUT2D eigenvalue weighted by atomic mass is 10.0. The van der Waals surface area contributed by atoms with E-state index in [9.17, 15) is 13.6 Å². The zero-order valence-electron chi connectivity index (χ0n) is 9.72. The number of Topliss-reactive ketones (excluding diaryl/α,β-unsaturated/α-hetero) is 1. The quantitative estimate of drug-likeness (QED) is 0.393. The van der Waals surface area contributed by atoms with Gasteiger partial charge < -0.3 is 0 Å². The summed E-state index contributed by atoms with van der Waals surface area (Å²) in [6.45, 7) is 3.60. The summed E-state index contributed by atoms with van der Waals surface area (Å²) >= 11 is 0. The van der Waals surface area contributed by atoms with E-state index in [1.54, 1.807) is 0 Å². The van der Waals surface area contributed by atoms with Crippen molar-refractivity contribution in [2.75, 3.05) is 0 Å². The maximum absolute atomic E-state index is 13.3. The van der Waals surface area contributed by atoms with Crippen LogP contribution in [0.25, 0.3) is 0 Å². The number of allylic oxidation sites excluding steroid dienone is 1. The summed E-state index contributed by atoms with van der Waals surface area (Å²) in [5.41, 5.74) is -0.145. The van der Waals surface area contributed by atoms with Gasteiger partial charge in [0.2, 0.25) is 0 Å². The molecule has 17 heavy (non-hydrogen) atoms. The molecule has 0 saturated heterocycles. The zero-order valence-corrected chi connectivity index (χ0v) is 9.72. The van der Waals surface area contributed by atoms with E-state index in [0.717, 1.165) is 25.3 Å². The minimum Gasteiger partial charge on any atom is -0.294 e. The summed E-state index contributed by atoms with van der Waals surface area (Å²) < 4.78 is 26.2. The molecular weight excluding hydrogens is 222 g/mol. The Kier molecular flexibility index (Phi) is 5.53. The smallest absolute Gasteiger partial charge is 0.169 e. The van der Waals surface area contributed by atoms with Gasteiger partial charge >= 0.3 is 0 Å². The van der Waals surface area contributed by atoms with Gasteiger partial charge in [-0.3, -0.25) is 4.79 Å². The average Bonchev–Trinajstić information content (AvgIpc) is 2.32. The van der Waals surface area contributed by atoms with Crippen LogP contribution in [0.5, 0.6) is 0 Å². The number of ketones is 1. The van der Waals surface area contributed by atoms with Crippen LogP contribution < -0.4 is 0 Å². The van der Waals surface area contributed by atoms with Gasteiger partial charge in [0.15, 0.2) is 17.4 Å². The van der Waals surface area contributed by atoms with Crippen LogP contribution in [0.15, 0.2) is 30.9 Å². The maximum atomic E-state index is 13.3. The van der Waals surface area contributed by atoms with Crippen molar-refractivity contribution in [3.63, 3.8) is 0 Å². The Balaban J connectivity index is 2.47. The summed E-state index contributed by atoms with van der Waals surface area (Å²) in [5.74, 6) is -2.34. The first-order valence-corrected chi connectivity index (χ1v) is 5.75. The van der Waals surface area contributed by atoms with Crippen molar-refractivity contribution in [1.82, 2.24) is 0 Å². The highest BCUT2D eigenvalue weighted by molar-refractivity contribution is 5.96. The van der Waals surface area contributed by atoms with Crippen molar-refractivity contribution < 1.29 is 13.6 Å². The molecule has 0 amide bonds. The number of halogens is 2. The van der Waals surface area contributed by atoms with Crippen LogP contribution in [0.4, 0.5) is 8.78 Å². The van der Waals surface area contributed by atoms with Crippen molar-refractivity contribution in [3.05, 3.63) is 48.1 Å². The van der Waals surface area contributed by atoms with Crippen LogP contribution in [-0.4, -0.2) is 5.78 Å². The number of carbonyl (C=O) groups is 1. The Hall–Kier alpha value is -1.51. The van der Waals surface area contributed by atoms with Crippen molar-refractivity contribution in [1.29, 1.82) is 0 Å². The van der Waals surface area contributed by atoms with Gasteiger partial charge in [-0.2, -0.15) is 0 Å². The Morgan fingerprint density at radius 1 is 1.24 bits per heavy atom. The molecule has 0 bridgehead atoms. The minimum absolute atomic E-state index is 0.145. The van der Waals surface area contributed by atoms with E-state index < -0.39 is 11.6 Å². The fraction of sp³-hybridized carbons (Fsp3) is 0.357. The van der Waals surface area contributed by atoms with Crippen molar-refractivity contribution in [2.24, 2.45) is 0 Å². The van der Waals surface area contributed by atoms with Gasteiger partial charge in [-0.05, 0) is 31.4 Å². The average molecular weight is 238 g/mol. The van der Waals surface area contributed by atoms with Crippen LogP contribution in [0.2, 0.25) is 0 Å². The Morgan fingerprint density at radius 2 is 2.00 bits per heavy atom. The molecular formula is C14H16F2O. The van der Waals surface area contributed by atoms with E-state index in [-0.39, 0.29) is 17.8 Å². The predicted octanol–water partition coefficient (Wildman–Crippen LogP) is 4.28. The number of rotatable bonds is 7. The summed E-state index contributed by atoms with van der Waals surface area (Å²) in [6.07, 6.45) is 5.58. The van der Waals surface area contributed by atoms with Crippen molar-refractivity contribution >= 4 is 5.78 Å². The highest BCUT2D eigenvalue weighted by Crippen LogP contribution is 2.15. The minimum atomic E-state index is -1.04. The molecule has 0 aliphatic rings. The summed E-state index contributed by atoms with van der Waals surface area (Å²) in [7, 11) is 0.